The Hall–Kier alpha value is -0.690. The third kappa shape index (κ3) is 17.9. The third-order valence-electron chi connectivity index (χ3n) is 1.87. The van der Waals surface area contributed by atoms with Crippen molar-refractivity contribution < 1.29 is 22.9 Å². The minimum Gasteiger partial charge on any atom is -0.726 e. The molecule has 0 aliphatic rings. The fourth-order valence-corrected chi connectivity index (χ4v) is 1.53. The summed E-state index contributed by atoms with van der Waals surface area (Å²) >= 11 is 0. The van der Waals surface area contributed by atoms with E-state index in [0.29, 0.717) is 0 Å². The van der Waals surface area contributed by atoms with Gasteiger partial charge in [-0.3, -0.25) is 4.18 Å². The Balaban J connectivity index is 0. The standard InChI is InChI=1S/C9H17N.C2H6O4S/c1-3-5-9(6-4-2)7-8-10;1-2-6-7(3,4)5/h3-4,9H,1-2,5-8,10H2;2H2,1H3,(H,3,4,5). The Kier molecular flexibility index (Phi) is 12.9. The fourth-order valence-electron chi connectivity index (χ4n) is 1.24. The van der Waals surface area contributed by atoms with E-state index in [4.69, 9.17) is 0 Å². The molecule has 102 valence electrons. The second kappa shape index (κ2) is 11.8. The Morgan fingerprint density at radius 3 is 2.00 bits per heavy atom. The van der Waals surface area contributed by atoms with Gasteiger partial charge in [-0.15, -0.1) is 13.2 Å². The quantitative estimate of drug-likeness (QED) is 0.400. The molecule has 0 aliphatic heterocycles. The summed E-state index contributed by atoms with van der Waals surface area (Å²) in [5.41, 5.74) is 3.82. The average Bonchev–Trinajstić information content (AvgIpc) is 2.18. The second-order valence-corrected chi connectivity index (χ2v) is 4.42. The molecule has 17 heavy (non-hydrogen) atoms. The maximum absolute atomic E-state index is 9.45. The Morgan fingerprint density at radius 2 is 1.82 bits per heavy atom. The van der Waals surface area contributed by atoms with Gasteiger partial charge in [0.05, 0.1) is 13.2 Å². The van der Waals surface area contributed by atoms with Gasteiger partial charge in [-0.1, -0.05) is 12.2 Å². The van der Waals surface area contributed by atoms with Crippen molar-refractivity contribution in [2.75, 3.05) is 13.2 Å². The molecule has 0 radical (unpaired) electrons. The van der Waals surface area contributed by atoms with E-state index < -0.39 is 10.4 Å². The molecule has 0 bridgehead atoms. The molecule has 5 nitrogen and oxygen atoms in total. The molecule has 0 aromatic heterocycles. The van der Waals surface area contributed by atoms with Crippen molar-refractivity contribution in [1.82, 2.24) is 0 Å². The summed E-state index contributed by atoms with van der Waals surface area (Å²) in [4.78, 5) is 0. The summed E-state index contributed by atoms with van der Waals surface area (Å²) in [5.74, 6) is 0.729. The molecule has 0 saturated heterocycles. The van der Waals surface area contributed by atoms with Crippen LogP contribution < -0.4 is 5.73 Å². The first kappa shape index (κ1) is 18.7. The SMILES string of the molecule is C=CCC(CC=C)CC[NH3+].CCOS(=O)(=O)[O-]. The molecule has 0 amide bonds. The van der Waals surface area contributed by atoms with Crippen LogP contribution in [0.15, 0.2) is 25.3 Å². The maximum Gasteiger partial charge on any atom is 0.217 e. The summed E-state index contributed by atoms with van der Waals surface area (Å²) in [5, 5.41) is 0. The van der Waals surface area contributed by atoms with Crippen LogP contribution in [-0.4, -0.2) is 26.1 Å². The number of allylic oxidation sites excluding steroid dienone is 2. The van der Waals surface area contributed by atoms with E-state index in [9.17, 15) is 13.0 Å². The van der Waals surface area contributed by atoms with Crippen molar-refractivity contribution >= 4 is 10.4 Å². The molecular formula is C11H23NO4S. The largest absolute Gasteiger partial charge is 0.726 e. The summed E-state index contributed by atoms with van der Waals surface area (Å²) in [7, 11) is -4.42. The van der Waals surface area contributed by atoms with Crippen molar-refractivity contribution in [2.24, 2.45) is 5.92 Å². The second-order valence-electron chi connectivity index (χ2n) is 3.37. The van der Waals surface area contributed by atoms with Crippen LogP contribution in [0.5, 0.6) is 0 Å². The van der Waals surface area contributed by atoms with Gasteiger partial charge in [0, 0.05) is 0 Å². The molecule has 0 spiro atoms. The van der Waals surface area contributed by atoms with Gasteiger partial charge in [0.1, 0.15) is 0 Å². The van der Waals surface area contributed by atoms with E-state index in [1.807, 2.05) is 12.2 Å². The topological polar surface area (TPSA) is 94.1 Å². The number of quaternary nitrogens is 1. The summed E-state index contributed by atoms with van der Waals surface area (Å²) in [6.45, 7) is 9.78. The molecule has 0 fully saturated rings. The van der Waals surface area contributed by atoms with Gasteiger partial charge in [0.25, 0.3) is 0 Å². The highest BCUT2D eigenvalue weighted by Gasteiger charge is 2.02. The van der Waals surface area contributed by atoms with Crippen molar-refractivity contribution in [3.8, 4) is 0 Å². The van der Waals surface area contributed by atoms with Crippen LogP contribution in [0.2, 0.25) is 0 Å². The lowest BCUT2D eigenvalue weighted by Crippen LogP contribution is -2.50. The number of hydrogen-bond donors (Lipinski definition) is 1. The third-order valence-corrected chi connectivity index (χ3v) is 2.40. The normalized spacial score (nSPS) is 10.6. The zero-order valence-electron chi connectivity index (χ0n) is 10.4. The first-order valence-corrected chi connectivity index (χ1v) is 6.85. The van der Waals surface area contributed by atoms with Crippen molar-refractivity contribution in [1.29, 1.82) is 0 Å². The van der Waals surface area contributed by atoms with E-state index in [-0.39, 0.29) is 6.61 Å². The zero-order chi connectivity index (χ0) is 13.7. The van der Waals surface area contributed by atoms with Crippen molar-refractivity contribution in [2.45, 2.75) is 26.2 Å². The minimum absolute atomic E-state index is 0.0914. The van der Waals surface area contributed by atoms with E-state index in [2.05, 4.69) is 23.1 Å². The summed E-state index contributed by atoms with van der Waals surface area (Å²) in [6, 6.07) is 0. The molecule has 0 unspecified atom stereocenters. The van der Waals surface area contributed by atoms with Crippen LogP contribution in [0.25, 0.3) is 0 Å². The van der Waals surface area contributed by atoms with Gasteiger partial charge in [-0.25, -0.2) is 8.42 Å². The predicted molar refractivity (Wildman–Crippen MR) is 66.8 cm³/mol. The molecule has 6 heteroatoms. The van der Waals surface area contributed by atoms with Gasteiger partial charge >= 0.3 is 0 Å². The van der Waals surface area contributed by atoms with E-state index >= 15 is 0 Å². The first-order valence-electron chi connectivity index (χ1n) is 5.52. The van der Waals surface area contributed by atoms with E-state index in [0.717, 1.165) is 25.3 Å². The predicted octanol–water partition coefficient (Wildman–Crippen LogP) is 0.870. The fraction of sp³-hybridized carbons (Fsp3) is 0.636. The van der Waals surface area contributed by atoms with Crippen LogP contribution in [-0.2, 0) is 14.6 Å². The molecular weight excluding hydrogens is 242 g/mol. The molecule has 0 aromatic rings. The highest BCUT2D eigenvalue weighted by atomic mass is 32.3. The van der Waals surface area contributed by atoms with Crippen LogP contribution >= 0.6 is 0 Å². The summed E-state index contributed by atoms with van der Waals surface area (Å²) in [6.07, 6.45) is 7.34. The highest BCUT2D eigenvalue weighted by Crippen LogP contribution is 2.12. The maximum atomic E-state index is 9.45. The van der Waals surface area contributed by atoms with Gasteiger partial charge in [0.15, 0.2) is 0 Å². The molecule has 0 heterocycles. The van der Waals surface area contributed by atoms with E-state index in [1.54, 1.807) is 0 Å². The lowest BCUT2D eigenvalue weighted by atomic mass is 9.98. The van der Waals surface area contributed by atoms with Crippen LogP contribution in [0.1, 0.15) is 26.2 Å². The van der Waals surface area contributed by atoms with E-state index in [1.165, 1.54) is 13.3 Å². The average molecular weight is 265 g/mol. The lowest BCUT2D eigenvalue weighted by Gasteiger charge is -2.08. The van der Waals surface area contributed by atoms with Gasteiger partial charge in [-0.05, 0) is 32.1 Å². The van der Waals surface area contributed by atoms with Crippen LogP contribution in [0.4, 0.5) is 0 Å². The summed E-state index contributed by atoms with van der Waals surface area (Å²) < 4.78 is 32.0. The molecule has 0 saturated carbocycles. The number of hydrogen-bond acceptors (Lipinski definition) is 4. The zero-order valence-corrected chi connectivity index (χ0v) is 11.2. The monoisotopic (exact) mass is 265 g/mol. The Bertz CT molecular complexity index is 278. The minimum atomic E-state index is -4.42. The van der Waals surface area contributed by atoms with Crippen molar-refractivity contribution in [3.63, 3.8) is 0 Å². The molecule has 0 atom stereocenters. The highest BCUT2D eigenvalue weighted by molar-refractivity contribution is 7.80. The van der Waals surface area contributed by atoms with Crippen LogP contribution in [0, 0.1) is 5.92 Å². The first-order chi connectivity index (χ1) is 7.91. The Labute approximate surface area is 104 Å². The van der Waals surface area contributed by atoms with Gasteiger partial charge < -0.3 is 10.3 Å². The molecule has 0 rings (SSSR count). The van der Waals surface area contributed by atoms with Crippen molar-refractivity contribution in [3.05, 3.63) is 25.3 Å². The van der Waals surface area contributed by atoms with Gasteiger partial charge in [0.2, 0.25) is 10.4 Å². The number of rotatable bonds is 8. The Morgan fingerprint density at radius 1 is 1.35 bits per heavy atom. The molecule has 0 aliphatic carbocycles. The smallest absolute Gasteiger partial charge is 0.217 e. The van der Waals surface area contributed by atoms with Gasteiger partial charge in [-0.2, -0.15) is 0 Å². The molecule has 0 aromatic carbocycles. The lowest BCUT2D eigenvalue weighted by molar-refractivity contribution is -0.370. The molecule has 3 N–H and O–H groups in total. The van der Waals surface area contributed by atoms with Crippen LogP contribution in [0.3, 0.4) is 0 Å².